The highest BCUT2D eigenvalue weighted by Crippen LogP contribution is 2.32. The maximum atomic E-state index is 9.35. The smallest absolute Gasteiger partial charge is 0.214 e. The van der Waals surface area contributed by atoms with Gasteiger partial charge in [-0.15, -0.1) is 5.10 Å². The fraction of sp³-hybridized carbons (Fsp3) is 0.500. The third-order valence-electron chi connectivity index (χ3n) is 3.61. The second-order valence-corrected chi connectivity index (χ2v) is 6.39. The molecule has 1 heterocycles. The largest absolute Gasteiger partial charge is 0.508 e. The summed E-state index contributed by atoms with van der Waals surface area (Å²) < 4.78 is 1.75. The molecular formula is C14H18N4OS. The Labute approximate surface area is 122 Å². The molecule has 1 N–H and O–H groups in total. The maximum absolute atomic E-state index is 9.35. The summed E-state index contributed by atoms with van der Waals surface area (Å²) in [6, 6.07) is 6.94. The number of hydrogen-bond acceptors (Lipinski definition) is 5. The van der Waals surface area contributed by atoms with Gasteiger partial charge in [-0.1, -0.05) is 37.4 Å². The summed E-state index contributed by atoms with van der Waals surface area (Å²) in [6.07, 6.45) is 7.79. The van der Waals surface area contributed by atoms with E-state index in [0.717, 1.165) is 10.8 Å². The number of nitrogens with zero attached hydrogens (tertiary/aromatic N) is 4. The Balaban J connectivity index is 1.77. The van der Waals surface area contributed by atoms with Crippen LogP contribution in [0.4, 0.5) is 0 Å². The number of benzene rings is 1. The lowest BCUT2D eigenvalue weighted by molar-refractivity contribution is 0.475. The van der Waals surface area contributed by atoms with Gasteiger partial charge >= 0.3 is 0 Å². The molecule has 1 aliphatic carbocycles. The zero-order valence-corrected chi connectivity index (χ0v) is 12.1. The minimum Gasteiger partial charge on any atom is -0.508 e. The number of thioether (sulfide) groups is 1. The quantitative estimate of drug-likeness (QED) is 0.880. The molecule has 5 nitrogen and oxygen atoms in total. The van der Waals surface area contributed by atoms with Crippen LogP contribution >= 0.6 is 11.8 Å². The molecule has 0 spiro atoms. The lowest BCUT2D eigenvalue weighted by Crippen LogP contribution is -2.05. The summed E-state index contributed by atoms with van der Waals surface area (Å²) in [6.45, 7) is 0. The van der Waals surface area contributed by atoms with Crippen LogP contribution in [-0.2, 0) is 0 Å². The van der Waals surface area contributed by atoms with Crippen LogP contribution in [-0.4, -0.2) is 30.6 Å². The first-order valence-electron chi connectivity index (χ1n) is 7.07. The SMILES string of the molecule is Oc1ccc(-n2nnnc2SC2CCCCCC2)cc1. The van der Waals surface area contributed by atoms with Crippen LogP contribution in [0.2, 0.25) is 0 Å². The predicted octanol–water partition coefficient (Wildman–Crippen LogP) is 3.18. The number of rotatable bonds is 3. The lowest BCUT2D eigenvalue weighted by Gasteiger charge is -2.12. The van der Waals surface area contributed by atoms with Crippen molar-refractivity contribution in [2.45, 2.75) is 48.9 Å². The van der Waals surface area contributed by atoms with Gasteiger partial charge in [-0.05, 0) is 47.5 Å². The first-order valence-corrected chi connectivity index (χ1v) is 7.95. The summed E-state index contributed by atoms with van der Waals surface area (Å²) >= 11 is 1.77. The third kappa shape index (κ3) is 3.12. The minimum absolute atomic E-state index is 0.250. The van der Waals surface area contributed by atoms with Gasteiger partial charge in [-0.2, -0.15) is 4.68 Å². The fourth-order valence-corrected chi connectivity index (χ4v) is 3.71. The van der Waals surface area contributed by atoms with Crippen molar-refractivity contribution in [3.8, 4) is 11.4 Å². The van der Waals surface area contributed by atoms with Gasteiger partial charge < -0.3 is 5.11 Å². The van der Waals surface area contributed by atoms with Gasteiger partial charge in [-0.25, -0.2) is 0 Å². The van der Waals surface area contributed by atoms with Gasteiger partial charge in [0.15, 0.2) is 0 Å². The van der Waals surface area contributed by atoms with Crippen molar-refractivity contribution in [3.63, 3.8) is 0 Å². The molecule has 0 unspecified atom stereocenters. The van der Waals surface area contributed by atoms with Crippen molar-refractivity contribution in [1.82, 2.24) is 20.2 Å². The number of tetrazole rings is 1. The second kappa shape index (κ2) is 6.26. The number of aromatic hydroxyl groups is 1. The first-order chi connectivity index (χ1) is 9.83. The minimum atomic E-state index is 0.250. The summed E-state index contributed by atoms with van der Waals surface area (Å²) in [5.41, 5.74) is 0.879. The Bertz CT molecular complexity index is 547. The van der Waals surface area contributed by atoms with Crippen molar-refractivity contribution >= 4 is 11.8 Å². The Morgan fingerprint density at radius 1 is 1.05 bits per heavy atom. The molecule has 0 bridgehead atoms. The van der Waals surface area contributed by atoms with Gasteiger partial charge in [-0.3, -0.25) is 0 Å². The number of aromatic nitrogens is 4. The highest BCUT2D eigenvalue weighted by molar-refractivity contribution is 7.99. The molecule has 6 heteroatoms. The molecule has 0 radical (unpaired) electrons. The first kappa shape index (κ1) is 13.4. The molecule has 3 rings (SSSR count). The molecule has 2 aromatic rings. The van der Waals surface area contributed by atoms with Gasteiger partial charge in [0.2, 0.25) is 5.16 Å². The molecule has 1 fully saturated rings. The molecule has 0 saturated heterocycles. The molecule has 1 aromatic carbocycles. The molecule has 1 saturated carbocycles. The van der Waals surface area contributed by atoms with E-state index in [-0.39, 0.29) is 5.75 Å². The van der Waals surface area contributed by atoms with Crippen LogP contribution in [0, 0.1) is 0 Å². The van der Waals surface area contributed by atoms with Crippen LogP contribution in [0.3, 0.4) is 0 Å². The molecule has 1 aromatic heterocycles. The Morgan fingerprint density at radius 3 is 2.45 bits per heavy atom. The average Bonchev–Trinajstić information content (AvgIpc) is 2.75. The number of phenolic OH excluding ortho intramolecular Hbond substituents is 1. The maximum Gasteiger partial charge on any atom is 0.214 e. The molecule has 1 aliphatic rings. The van der Waals surface area contributed by atoms with Crippen LogP contribution in [0.5, 0.6) is 5.75 Å². The Morgan fingerprint density at radius 2 is 1.75 bits per heavy atom. The van der Waals surface area contributed by atoms with E-state index >= 15 is 0 Å². The highest BCUT2D eigenvalue weighted by atomic mass is 32.2. The fourth-order valence-electron chi connectivity index (χ4n) is 2.52. The van der Waals surface area contributed by atoms with Crippen molar-refractivity contribution < 1.29 is 5.11 Å². The summed E-state index contributed by atoms with van der Waals surface area (Å²) in [7, 11) is 0. The zero-order valence-electron chi connectivity index (χ0n) is 11.3. The molecule has 0 atom stereocenters. The monoisotopic (exact) mass is 290 g/mol. The van der Waals surface area contributed by atoms with Crippen molar-refractivity contribution in [3.05, 3.63) is 24.3 Å². The molecular weight excluding hydrogens is 272 g/mol. The standard InChI is InChI=1S/C14H18N4OS/c19-12-9-7-11(8-10-12)18-14(15-16-17-18)20-13-5-3-1-2-4-6-13/h7-10,13,19H,1-6H2. The Kier molecular flexibility index (Phi) is 4.20. The van der Waals surface area contributed by atoms with Crippen molar-refractivity contribution in [1.29, 1.82) is 0 Å². The van der Waals surface area contributed by atoms with Crippen LogP contribution in [0.15, 0.2) is 29.4 Å². The van der Waals surface area contributed by atoms with Gasteiger partial charge in [0.05, 0.1) is 5.69 Å². The summed E-state index contributed by atoms with van der Waals surface area (Å²) in [5, 5.41) is 22.8. The molecule has 106 valence electrons. The van der Waals surface area contributed by atoms with Crippen LogP contribution < -0.4 is 0 Å². The third-order valence-corrected chi connectivity index (χ3v) is 4.88. The zero-order chi connectivity index (χ0) is 13.8. The van der Waals surface area contributed by atoms with E-state index in [1.807, 2.05) is 12.1 Å². The second-order valence-electron chi connectivity index (χ2n) is 5.12. The molecule has 20 heavy (non-hydrogen) atoms. The van der Waals surface area contributed by atoms with E-state index in [4.69, 9.17) is 0 Å². The Hall–Kier alpha value is -1.56. The van der Waals surface area contributed by atoms with Gasteiger partial charge in [0.1, 0.15) is 5.75 Å². The normalized spacial score (nSPS) is 17.0. The number of phenols is 1. The van der Waals surface area contributed by atoms with E-state index in [2.05, 4.69) is 15.5 Å². The van der Waals surface area contributed by atoms with Crippen LogP contribution in [0.25, 0.3) is 5.69 Å². The van der Waals surface area contributed by atoms with E-state index < -0.39 is 0 Å². The average molecular weight is 290 g/mol. The molecule has 0 aliphatic heterocycles. The van der Waals surface area contributed by atoms with Gasteiger partial charge in [0.25, 0.3) is 0 Å². The van der Waals surface area contributed by atoms with E-state index in [1.165, 1.54) is 38.5 Å². The topological polar surface area (TPSA) is 63.8 Å². The van der Waals surface area contributed by atoms with E-state index in [0.29, 0.717) is 5.25 Å². The highest BCUT2D eigenvalue weighted by Gasteiger charge is 2.18. The van der Waals surface area contributed by atoms with Crippen LogP contribution in [0.1, 0.15) is 38.5 Å². The predicted molar refractivity (Wildman–Crippen MR) is 78.2 cm³/mol. The van der Waals surface area contributed by atoms with Crippen molar-refractivity contribution in [2.24, 2.45) is 0 Å². The van der Waals surface area contributed by atoms with Crippen molar-refractivity contribution in [2.75, 3.05) is 0 Å². The molecule has 0 amide bonds. The number of hydrogen-bond donors (Lipinski definition) is 1. The summed E-state index contributed by atoms with van der Waals surface area (Å²) in [5.74, 6) is 0.250. The van der Waals surface area contributed by atoms with E-state index in [1.54, 1.807) is 28.6 Å². The van der Waals surface area contributed by atoms with Gasteiger partial charge in [0, 0.05) is 5.25 Å². The lowest BCUT2D eigenvalue weighted by atomic mass is 10.2. The summed E-state index contributed by atoms with van der Waals surface area (Å²) in [4.78, 5) is 0. The van der Waals surface area contributed by atoms with E-state index in [9.17, 15) is 5.11 Å².